The summed E-state index contributed by atoms with van der Waals surface area (Å²) in [4.78, 5) is -0.353. The van der Waals surface area contributed by atoms with E-state index in [4.69, 9.17) is 0 Å². The van der Waals surface area contributed by atoms with Gasteiger partial charge in [0.25, 0.3) is 0 Å². The fourth-order valence-electron chi connectivity index (χ4n) is 8.80. The van der Waals surface area contributed by atoms with E-state index in [1.807, 2.05) is 18.2 Å². The first-order chi connectivity index (χ1) is 16.2. The Morgan fingerprint density at radius 1 is 0.800 bits per heavy atom. The Morgan fingerprint density at radius 2 is 1.34 bits per heavy atom. The molecule has 0 spiro atoms. The maximum Gasteiger partial charge on any atom is 0.178 e. The smallest absolute Gasteiger partial charge is 0.178 e. The van der Waals surface area contributed by atoms with Gasteiger partial charge in [-0.25, -0.2) is 0 Å². The predicted molar refractivity (Wildman–Crippen MR) is 154 cm³/mol. The lowest BCUT2D eigenvalue weighted by molar-refractivity contribution is 0.347. The first kappa shape index (κ1) is 24.4. The topological polar surface area (TPSA) is 17.1 Å². The van der Waals surface area contributed by atoms with E-state index in [2.05, 4.69) is 116 Å². The summed E-state index contributed by atoms with van der Waals surface area (Å²) in [5.74, 6) is 3.51. The lowest BCUT2D eigenvalue weighted by atomic mass is 9.76. The van der Waals surface area contributed by atoms with Crippen molar-refractivity contribution in [2.24, 2.45) is 16.2 Å². The van der Waals surface area contributed by atoms with Crippen molar-refractivity contribution in [2.45, 2.75) is 88.3 Å². The molecule has 0 N–H and O–H groups in total. The Morgan fingerprint density at radius 3 is 1.83 bits per heavy atom. The highest BCUT2D eigenvalue weighted by atomic mass is 31.3. The van der Waals surface area contributed by atoms with Crippen molar-refractivity contribution in [3.8, 4) is 11.6 Å². The van der Waals surface area contributed by atoms with E-state index in [1.165, 1.54) is 5.56 Å². The molecule has 184 valence electrons. The summed E-state index contributed by atoms with van der Waals surface area (Å²) in [6.45, 7) is 21.7. The maximum absolute atomic E-state index is 16.2. The minimum Gasteiger partial charge on any atom is -0.308 e. The molecule has 4 fully saturated rings. The molecule has 6 rings (SSSR count). The Bertz CT molecular complexity index is 1320. The Hall–Kier alpha value is -0.910. The SMILES string of the molecule is CC(C)(C)[C@@H]1P2[C@]3(C(C)(C)C)[C@]2(c2ccccc2)[C@H]2P1[C@]2(C(C)(C)C)P3(=O)C#Cc1ccccc1. The number of hydrogen-bond donors (Lipinski definition) is 0. The lowest BCUT2D eigenvalue weighted by Crippen LogP contribution is -2.41. The first-order valence-electron chi connectivity index (χ1n) is 13.0. The number of fused-ring (bicyclic) bond motifs is 2. The lowest BCUT2D eigenvalue weighted by Gasteiger charge is -2.51. The fraction of sp³-hybridized carbons (Fsp3) is 0.548. The summed E-state index contributed by atoms with van der Waals surface area (Å²) in [7, 11) is -3.74. The van der Waals surface area contributed by atoms with Crippen LogP contribution in [-0.2, 0) is 9.72 Å². The molecule has 4 heterocycles. The van der Waals surface area contributed by atoms with Crippen LogP contribution < -0.4 is 0 Å². The molecule has 4 aliphatic rings. The molecule has 2 aromatic rings. The average molecular weight is 521 g/mol. The molecular formula is C31H39OP3. The van der Waals surface area contributed by atoms with Crippen LogP contribution in [0.25, 0.3) is 0 Å². The molecule has 35 heavy (non-hydrogen) atoms. The third-order valence-corrected chi connectivity index (χ3v) is 27.1. The van der Waals surface area contributed by atoms with Gasteiger partial charge in [-0.2, -0.15) is 0 Å². The van der Waals surface area contributed by atoms with Gasteiger partial charge in [0.15, 0.2) is 7.14 Å². The van der Waals surface area contributed by atoms with Crippen LogP contribution in [0, 0.1) is 27.8 Å². The summed E-state index contributed by atoms with van der Waals surface area (Å²) in [5.41, 5.74) is 6.83. The Kier molecular flexibility index (Phi) is 4.71. The van der Waals surface area contributed by atoms with Gasteiger partial charge in [-0.3, -0.25) is 0 Å². The molecule has 0 bridgehead atoms. The highest BCUT2D eigenvalue weighted by molar-refractivity contribution is 8.11. The molecule has 0 aromatic heterocycles. The molecule has 0 radical (unpaired) electrons. The molecule has 4 saturated heterocycles. The van der Waals surface area contributed by atoms with Gasteiger partial charge in [0.2, 0.25) is 0 Å². The summed E-state index contributed by atoms with van der Waals surface area (Å²) in [6, 6.07) is 21.6. The van der Waals surface area contributed by atoms with Gasteiger partial charge in [0.1, 0.15) is 0 Å². The van der Waals surface area contributed by atoms with Crippen LogP contribution in [0.4, 0.5) is 0 Å². The van der Waals surface area contributed by atoms with Crippen molar-refractivity contribution in [1.29, 1.82) is 0 Å². The molecule has 3 unspecified atom stereocenters. The normalized spacial score (nSPS) is 42.8. The van der Waals surface area contributed by atoms with Crippen molar-refractivity contribution in [2.75, 3.05) is 0 Å². The second-order valence-corrected chi connectivity index (χ2v) is 23.3. The van der Waals surface area contributed by atoms with E-state index >= 15 is 4.57 Å². The number of benzene rings is 2. The Balaban J connectivity index is 1.72. The van der Waals surface area contributed by atoms with E-state index in [-0.39, 0.29) is 39.1 Å². The van der Waals surface area contributed by atoms with E-state index in [1.54, 1.807) is 0 Å². The first-order valence-corrected chi connectivity index (χ1v) is 17.6. The molecule has 0 saturated carbocycles. The molecule has 0 aliphatic carbocycles. The Labute approximate surface area is 215 Å². The molecule has 4 heteroatoms. The summed E-state index contributed by atoms with van der Waals surface area (Å²) in [6.07, 6.45) is 0. The van der Waals surface area contributed by atoms with Crippen molar-refractivity contribution < 1.29 is 4.57 Å². The van der Waals surface area contributed by atoms with E-state index in [9.17, 15) is 0 Å². The molecule has 1 nitrogen and oxygen atoms in total. The van der Waals surface area contributed by atoms with Crippen LogP contribution in [0.2, 0.25) is 0 Å². The van der Waals surface area contributed by atoms with Gasteiger partial charge in [-0.05, 0) is 39.6 Å². The minimum absolute atomic E-state index is 0.0390. The zero-order chi connectivity index (χ0) is 25.4. The van der Waals surface area contributed by atoms with Crippen molar-refractivity contribution in [1.82, 2.24) is 0 Å². The predicted octanol–water partition coefficient (Wildman–Crippen LogP) is 9.50. The average Bonchev–Trinajstić information content (AvgIpc) is 3.59. The van der Waals surface area contributed by atoms with E-state index in [0.29, 0.717) is 11.1 Å². The third kappa shape index (κ3) is 2.37. The van der Waals surface area contributed by atoms with Crippen LogP contribution in [-0.4, -0.2) is 20.9 Å². The summed E-state index contributed by atoms with van der Waals surface area (Å²) in [5, 5.41) is 0.747. The quantitative estimate of drug-likeness (QED) is 0.270. The third-order valence-electron chi connectivity index (χ3n) is 9.30. The molecular weight excluding hydrogens is 481 g/mol. The number of rotatable bonds is 1. The van der Waals surface area contributed by atoms with Gasteiger partial charge >= 0.3 is 0 Å². The van der Waals surface area contributed by atoms with Gasteiger partial charge in [0, 0.05) is 21.8 Å². The van der Waals surface area contributed by atoms with Gasteiger partial charge in [0.05, 0.1) is 9.79 Å². The summed E-state index contributed by atoms with van der Waals surface area (Å²) >= 11 is 0. The van der Waals surface area contributed by atoms with Crippen LogP contribution >= 0.6 is 23.0 Å². The van der Waals surface area contributed by atoms with Crippen molar-refractivity contribution >= 4 is 23.0 Å². The van der Waals surface area contributed by atoms with Gasteiger partial charge in [-0.1, -0.05) is 133 Å². The molecule has 4 aliphatic heterocycles. The van der Waals surface area contributed by atoms with E-state index < -0.39 is 15.1 Å². The zero-order valence-electron chi connectivity index (χ0n) is 22.7. The number of hydrogen-bond acceptors (Lipinski definition) is 1. The molecule has 2 aromatic carbocycles. The fourth-order valence-corrected chi connectivity index (χ4v) is 33.6. The summed E-state index contributed by atoms with van der Waals surface area (Å²) < 4.78 is 16.2. The van der Waals surface area contributed by atoms with Gasteiger partial charge in [-0.15, -0.1) is 0 Å². The molecule has 0 amide bonds. The second kappa shape index (κ2) is 6.74. The standard InChI is InChI=1S/C31H39OP3/c1-26(2,3)25-33-24-29(23-18-14-11-15-19-23)31(34(25)29,28(7,8)9)35(32,30(24,33)27(4,5)6)21-20-22-16-12-10-13-17-22/h10-19,24-25H,1-9H3/t24-,25+,29+,30+,31+,33?,34?,35?/m1/s1. The largest absolute Gasteiger partial charge is 0.308 e. The highest BCUT2D eigenvalue weighted by Crippen LogP contribution is 3.29. The van der Waals surface area contributed by atoms with Crippen LogP contribution in [0.1, 0.15) is 73.4 Å². The van der Waals surface area contributed by atoms with Crippen LogP contribution in [0.15, 0.2) is 60.7 Å². The molecule has 8 atom stereocenters. The monoisotopic (exact) mass is 520 g/mol. The zero-order valence-corrected chi connectivity index (χ0v) is 25.4. The van der Waals surface area contributed by atoms with Crippen molar-refractivity contribution in [3.63, 3.8) is 0 Å². The van der Waals surface area contributed by atoms with Crippen LogP contribution in [0.3, 0.4) is 0 Å². The minimum atomic E-state index is -2.92. The van der Waals surface area contributed by atoms with Crippen LogP contribution in [0.5, 0.6) is 0 Å². The highest BCUT2D eigenvalue weighted by Gasteiger charge is 3.12. The van der Waals surface area contributed by atoms with E-state index in [0.717, 1.165) is 5.56 Å². The second-order valence-electron chi connectivity index (χ2n) is 14.2. The van der Waals surface area contributed by atoms with Gasteiger partial charge < -0.3 is 4.57 Å². The maximum atomic E-state index is 16.2. The van der Waals surface area contributed by atoms with Crippen molar-refractivity contribution in [3.05, 3.63) is 71.8 Å².